The molecule has 1 fully saturated rings. The smallest absolute Gasteiger partial charge is 0.323 e. The summed E-state index contributed by atoms with van der Waals surface area (Å²) in [7, 11) is 3.16. The van der Waals surface area contributed by atoms with E-state index in [-0.39, 0.29) is 35.0 Å². The first-order valence-electron chi connectivity index (χ1n) is 14.9. The number of carbonyl (C=O) groups excluding carboxylic acids is 2. The van der Waals surface area contributed by atoms with E-state index >= 15 is 0 Å². The van der Waals surface area contributed by atoms with Crippen molar-refractivity contribution in [3.8, 4) is 11.5 Å². The van der Waals surface area contributed by atoms with Gasteiger partial charge in [0, 0.05) is 38.6 Å². The van der Waals surface area contributed by atoms with Crippen molar-refractivity contribution < 1.29 is 23.5 Å². The van der Waals surface area contributed by atoms with Crippen LogP contribution in [0, 0.1) is 5.92 Å². The topological polar surface area (TPSA) is 97.6 Å². The number of nitrogens with zero attached hydrogens (tertiary/aromatic N) is 3. The first-order chi connectivity index (χ1) is 19.1. The van der Waals surface area contributed by atoms with Gasteiger partial charge in [0.05, 0.1) is 38.0 Å². The van der Waals surface area contributed by atoms with Gasteiger partial charge >= 0.3 is 6.03 Å². The maximum Gasteiger partial charge on any atom is 0.323 e. The van der Waals surface area contributed by atoms with E-state index in [1.54, 1.807) is 36.1 Å². The molecule has 0 bridgehead atoms. The zero-order valence-electron chi connectivity index (χ0n) is 26.9. The molecule has 1 aromatic rings. The van der Waals surface area contributed by atoms with E-state index in [4.69, 9.17) is 19.6 Å². The Morgan fingerprint density at radius 3 is 2.46 bits per heavy atom. The molecular weight excluding hydrogens is 536 g/mol. The molecule has 3 atom stereocenters. The van der Waals surface area contributed by atoms with Crippen LogP contribution in [0.4, 0.5) is 10.5 Å². The molecule has 41 heavy (non-hydrogen) atoms. The van der Waals surface area contributed by atoms with Crippen molar-refractivity contribution in [2.75, 3.05) is 46.7 Å². The van der Waals surface area contributed by atoms with Gasteiger partial charge in [0.25, 0.3) is 5.91 Å². The minimum atomic E-state index is -2.06. The number of piperidine rings is 1. The SMILES string of the molecule is CCCCOc1cc(N)c(C(=O)N2CCC(C3=CN(C)C(=O)N(C)C3C)C[C@H]2CO[Si](C)(C)C(C)(C)C)cc1OC. The molecule has 1 saturated heterocycles. The number of carbonyl (C=O) groups is 2. The molecule has 0 aromatic heterocycles. The predicted octanol–water partition coefficient (Wildman–Crippen LogP) is 5.97. The van der Waals surface area contributed by atoms with E-state index < -0.39 is 8.32 Å². The lowest BCUT2D eigenvalue weighted by Crippen LogP contribution is -2.53. The summed E-state index contributed by atoms with van der Waals surface area (Å²) in [6.07, 6.45) is 5.47. The Morgan fingerprint density at radius 1 is 1.17 bits per heavy atom. The lowest BCUT2D eigenvalue weighted by molar-refractivity contribution is 0.0444. The van der Waals surface area contributed by atoms with E-state index in [2.05, 4.69) is 47.7 Å². The zero-order chi connectivity index (χ0) is 30.7. The second-order valence-electron chi connectivity index (χ2n) is 13.0. The fraction of sp³-hybridized carbons (Fsp3) is 0.677. The summed E-state index contributed by atoms with van der Waals surface area (Å²) >= 11 is 0. The molecule has 2 aliphatic heterocycles. The van der Waals surface area contributed by atoms with Crippen LogP contribution in [0.25, 0.3) is 0 Å². The second-order valence-corrected chi connectivity index (χ2v) is 17.9. The van der Waals surface area contributed by atoms with Crippen molar-refractivity contribution in [1.82, 2.24) is 14.7 Å². The van der Waals surface area contributed by atoms with Crippen molar-refractivity contribution in [1.29, 1.82) is 0 Å². The number of unbranched alkanes of at least 4 members (excludes halogenated alkanes) is 1. The molecule has 0 radical (unpaired) electrons. The lowest BCUT2D eigenvalue weighted by atomic mass is 9.81. The summed E-state index contributed by atoms with van der Waals surface area (Å²) in [5, 5.41) is 0.0491. The number of ether oxygens (including phenoxy) is 2. The third kappa shape index (κ3) is 7.20. The van der Waals surface area contributed by atoms with Gasteiger partial charge in [0.15, 0.2) is 19.8 Å². The standard InChI is InChI=1S/C31H52N4O5Si/c1-11-12-15-39-28-18-26(32)24(17-27(28)38-8)29(36)35-14-13-22(25-19-33(6)30(37)34(7)21(25)2)16-23(35)20-40-41(9,10)31(3,4)5/h17-19,21-23H,11-16,20,32H2,1-10H3/t21?,22?,23-/m0/s1. The minimum absolute atomic E-state index is 0.00642. The second kappa shape index (κ2) is 13.1. The number of nitrogen functional groups attached to an aromatic ring is 1. The van der Waals surface area contributed by atoms with Crippen LogP contribution in [0.2, 0.25) is 18.1 Å². The van der Waals surface area contributed by atoms with E-state index in [0.29, 0.717) is 42.5 Å². The number of benzene rings is 1. The molecule has 2 N–H and O–H groups in total. The summed E-state index contributed by atoms with van der Waals surface area (Å²) in [6, 6.07) is 3.25. The highest BCUT2D eigenvalue weighted by molar-refractivity contribution is 6.74. The normalized spacial score (nSPS) is 22.1. The number of urea groups is 1. The van der Waals surface area contributed by atoms with Crippen molar-refractivity contribution >= 4 is 25.9 Å². The molecule has 10 heteroatoms. The number of anilines is 1. The molecule has 3 amide bonds. The third-order valence-electron chi connectivity index (χ3n) is 9.22. The molecule has 0 saturated carbocycles. The summed E-state index contributed by atoms with van der Waals surface area (Å²) in [5.74, 6) is 1.15. The van der Waals surface area contributed by atoms with E-state index in [9.17, 15) is 9.59 Å². The molecule has 2 aliphatic rings. The Labute approximate surface area is 248 Å². The van der Waals surface area contributed by atoms with E-state index in [1.165, 1.54) is 5.57 Å². The van der Waals surface area contributed by atoms with Crippen LogP contribution in [-0.2, 0) is 4.43 Å². The summed E-state index contributed by atoms with van der Waals surface area (Å²) in [5.41, 5.74) is 8.45. The summed E-state index contributed by atoms with van der Waals surface area (Å²) < 4.78 is 18.2. The molecule has 9 nitrogen and oxygen atoms in total. The van der Waals surface area contributed by atoms with E-state index in [0.717, 1.165) is 25.7 Å². The molecule has 1 aromatic carbocycles. The van der Waals surface area contributed by atoms with Gasteiger partial charge in [0.2, 0.25) is 0 Å². The Balaban J connectivity index is 1.92. The summed E-state index contributed by atoms with van der Waals surface area (Å²) in [6.45, 7) is 16.9. The molecule has 2 heterocycles. The molecule has 0 spiro atoms. The highest BCUT2D eigenvalue weighted by Gasteiger charge is 2.42. The highest BCUT2D eigenvalue weighted by Crippen LogP contribution is 2.40. The maximum absolute atomic E-state index is 14.1. The van der Waals surface area contributed by atoms with Gasteiger partial charge < -0.3 is 34.3 Å². The van der Waals surface area contributed by atoms with Crippen LogP contribution >= 0.6 is 0 Å². The van der Waals surface area contributed by atoms with Crippen LogP contribution in [0.5, 0.6) is 11.5 Å². The number of methoxy groups -OCH3 is 1. The largest absolute Gasteiger partial charge is 0.493 e. The minimum Gasteiger partial charge on any atom is -0.493 e. The predicted molar refractivity (Wildman–Crippen MR) is 167 cm³/mol. The lowest BCUT2D eigenvalue weighted by Gasteiger charge is -2.45. The molecule has 2 unspecified atom stereocenters. The zero-order valence-corrected chi connectivity index (χ0v) is 27.9. The number of nitrogens with two attached hydrogens (primary N) is 1. The monoisotopic (exact) mass is 588 g/mol. The van der Waals surface area contributed by atoms with Gasteiger partial charge in [-0.25, -0.2) is 4.79 Å². The number of likely N-dealkylation sites (tertiary alicyclic amines) is 1. The number of hydrogen-bond donors (Lipinski definition) is 1. The molecular formula is C31H52N4O5Si. The molecule has 0 aliphatic carbocycles. The quantitative estimate of drug-likeness (QED) is 0.206. The number of amides is 3. The molecule has 230 valence electrons. The maximum atomic E-state index is 14.1. The Morgan fingerprint density at radius 2 is 1.85 bits per heavy atom. The fourth-order valence-corrected chi connectivity index (χ4v) is 6.33. The van der Waals surface area contributed by atoms with Crippen molar-refractivity contribution in [3.63, 3.8) is 0 Å². The Kier molecular flexibility index (Phi) is 10.4. The van der Waals surface area contributed by atoms with Gasteiger partial charge in [-0.2, -0.15) is 0 Å². The van der Waals surface area contributed by atoms with Crippen LogP contribution in [0.15, 0.2) is 23.9 Å². The molecule has 3 rings (SSSR count). The van der Waals surface area contributed by atoms with Crippen molar-refractivity contribution in [2.24, 2.45) is 5.92 Å². The van der Waals surface area contributed by atoms with Gasteiger partial charge in [-0.05, 0) is 61.9 Å². The van der Waals surface area contributed by atoms with Gasteiger partial charge in [-0.1, -0.05) is 34.1 Å². The van der Waals surface area contributed by atoms with Crippen LogP contribution in [-0.4, -0.2) is 88.0 Å². The first-order valence-corrected chi connectivity index (χ1v) is 17.8. The third-order valence-corrected chi connectivity index (χ3v) is 13.7. The number of hydrogen-bond acceptors (Lipinski definition) is 6. The highest BCUT2D eigenvalue weighted by atomic mass is 28.4. The van der Waals surface area contributed by atoms with Crippen LogP contribution < -0.4 is 15.2 Å². The van der Waals surface area contributed by atoms with Crippen molar-refractivity contribution in [2.45, 2.75) is 90.5 Å². The van der Waals surface area contributed by atoms with Gasteiger partial charge in [-0.3, -0.25) is 4.79 Å². The Bertz CT molecular complexity index is 1130. The van der Waals surface area contributed by atoms with E-state index in [1.807, 2.05) is 18.1 Å². The average molecular weight is 589 g/mol. The summed E-state index contributed by atoms with van der Waals surface area (Å²) in [4.78, 5) is 32.0. The van der Waals surface area contributed by atoms with Crippen molar-refractivity contribution in [3.05, 3.63) is 29.5 Å². The van der Waals surface area contributed by atoms with Crippen LogP contribution in [0.3, 0.4) is 0 Å². The first kappa shape index (κ1) is 32.8. The number of rotatable bonds is 10. The Hall–Kier alpha value is -2.72. The van der Waals surface area contributed by atoms with Gasteiger partial charge in [-0.15, -0.1) is 0 Å². The fourth-order valence-electron chi connectivity index (χ4n) is 5.29. The van der Waals surface area contributed by atoms with Gasteiger partial charge in [0.1, 0.15) is 0 Å². The van der Waals surface area contributed by atoms with Crippen LogP contribution in [0.1, 0.15) is 70.7 Å². The average Bonchev–Trinajstić information content (AvgIpc) is 2.92. The number of likely N-dealkylation sites (N-methyl/N-ethyl adjacent to an activating group) is 1.